The monoisotopic (exact) mass is 525 g/mol. The Morgan fingerprint density at radius 2 is 1.73 bits per heavy atom. The third-order valence-electron chi connectivity index (χ3n) is 6.61. The molecule has 0 spiro atoms. The zero-order valence-electron chi connectivity index (χ0n) is 20.3. The van der Waals surface area contributed by atoms with Gasteiger partial charge in [0.25, 0.3) is 11.5 Å². The minimum absolute atomic E-state index is 0.0224. The smallest absolute Gasteiger partial charge is 0.262 e. The fraction of sp³-hybridized carbons (Fsp3) is 0.407. The van der Waals surface area contributed by atoms with E-state index in [0.717, 1.165) is 37.4 Å². The van der Waals surface area contributed by atoms with Gasteiger partial charge in [0, 0.05) is 30.9 Å². The first-order valence-corrected chi connectivity index (χ1v) is 13.4. The number of hydrogen-bond donors (Lipinski definition) is 1. The molecule has 1 aromatic heterocycles. The van der Waals surface area contributed by atoms with Gasteiger partial charge >= 0.3 is 0 Å². The number of halogens is 1. The highest BCUT2D eigenvalue weighted by atomic mass is 32.2. The molecule has 8 nitrogen and oxygen atoms in total. The Morgan fingerprint density at radius 3 is 2.43 bits per heavy atom. The van der Waals surface area contributed by atoms with E-state index in [-0.39, 0.29) is 35.2 Å². The van der Waals surface area contributed by atoms with Crippen LogP contribution in [0, 0.1) is 5.82 Å². The molecule has 0 unspecified atom stereocenters. The molecule has 0 saturated carbocycles. The van der Waals surface area contributed by atoms with E-state index in [9.17, 15) is 18.8 Å². The second-order valence-corrected chi connectivity index (χ2v) is 10.2. The van der Waals surface area contributed by atoms with Crippen molar-refractivity contribution in [1.82, 2.24) is 14.9 Å². The molecule has 37 heavy (non-hydrogen) atoms. The quantitative estimate of drug-likeness (QED) is 0.259. The number of Topliss-reactive ketones (excluding diaryl/α,β-unsaturated/α-hetero) is 1. The summed E-state index contributed by atoms with van der Waals surface area (Å²) < 4.78 is 26.1. The Bertz CT molecular complexity index is 1350. The number of fused-ring (bicyclic) bond motifs is 1. The van der Waals surface area contributed by atoms with E-state index in [1.807, 2.05) is 0 Å². The molecule has 1 N–H and O–H groups in total. The lowest BCUT2D eigenvalue weighted by Gasteiger charge is -2.17. The summed E-state index contributed by atoms with van der Waals surface area (Å²) in [6.45, 7) is 2.12. The van der Waals surface area contributed by atoms with Gasteiger partial charge in [-0.2, -0.15) is 0 Å². The van der Waals surface area contributed by atoms with Gasteiger partial charge in [-0.1, -0.05) is 11.8 Å². The first-order valence-electron chi connectivity index (χ1n) is 12.5. The van der Waals surface area contributed by atoms with E-state index in [1.165, 1.54) is 24.3 Å². The molecule has 3 aromatic rings. The van der Waals surface area contributed by atoms with Crippen LogP contribution in [0.15, 0.2) is 52.4 Å². The Labute approximate surface area is 217 Å². The number of thioether (sulfide) groups is 1. The number of aromatic nitrogens is 2. The normalized spacial score (nSPS) is 19.4. The van der Waals surface area contributed by atoms with Gasteiger partial charge < -0.3 is 14.8 Å². The number of nitrogens with zero attached hydrogens (tertiary/aromatic N) is 2. The van der Waals surface area contributed by atoms with Gasteiger partial charge in [0.15, 0.2) is 10.9 Å². The molecule has 2 fully saturated rings. The van der Waals surface area contributed by atoms with E-state index in [2.05, 4.69) is 5.32 Å². The number of carbonyl (C=O) groups is 2. The van der Waals surface area contributed by atoms with Crippen molar-refractivity contribution in [2.75, 3.05) is 25.5 Å². The number of ether oxygens (including phenoxy) is 2. The summed E-state index contributed by atoms with van der Waals surface area (Å²) in [7, 11) is 0. The summed E-state index contributed by atoms with van der Waals surface area (Å²) in [5.41, 5.74) is 0.916. The molecule has 2 aliphatic heterocycles. The molecule has 1 amide bonds. The van der Waals surface area contributed by atoms with Crippen molar-refractivity contribution in [3.05, 3.63) is 69.8 Å². The molecule has 5 rings (SSSR count). The van der Waals surface area contributed by atoms with Crippen LogP contribution in [0.4, 0.5) is 4.39 Å². The van der Waals surface area contributed by atoms with E-state index in [1.54, 1.807) is 22.8 Å². The van der Waals surface area contributed by atoms with Crippen molar-refractivity contribution in [1.29, 1.82) is 0 Å². The number of hydrogen-bond acceptors (Lipinski definition) is 7. The Hall–Kier alpha value is -3.08. The molecule has 0 bridgehead atoms. The molecule has 194 valence electrons. The van der Waals surface area contributed by atoms with Gasteiger partial charge in [-0.15, -0.1) is 0 Å². The summed E-state index contributed by atoms with van der Waals surface area (Å²) in [5.74, 6) is -0.855. The van der Waals surface area contributed by atoms with Crippen LogP contribution in [-0.4, -0.2) is 59.0 Å². The molecule has 2 aliphatic rings. The third kappa shape index (κ3) is 6.08. The lowest BCUT2D eigenvalue weighted by atomic mass is 10.1. The first-order chi connectivity index (χ1) is 18.0. The van der Waals surface area contributed by atoms with Gasteiger partial charge in [0.2, 0.25) is 0 Å². The Morgan fingerprint density at radius 1 is 1.03 bits per heavy atom. The van der Waals surface area contributed by atoms with Gasteiger partial charge in [0.05, 0.1) is 35.4 Å². The number of ketones is 1. The minimum Gasteiger partial charge on any atom is -0.376 e. The van der Waals surface area contributed by atoms with Crippen molar-refractivity contribution in [3.8, 4) is 0 Å². The van der Waals surface area contributed by atoms with Crippen molar-refractivity contribution in [3.63, 3.8) is 0 Å². The molecule has 0 radical (unpaired) electrons. The maximum absolute atomic E-state index is 13.5. The lowest BCUT2D eigenvalue weighted by molar-refractivity contribution is 0.0857. The molecule has 3 heterocycles. The number of nitrogens with one attached hydrogen (secondary N) is 1. The van der Waals surface area contributed by atoms with Crippen LogP contribution >= 0.6 is 11.8 Å². The van der Waals surface area contributed by atoms with Crippen molar-refractivity contribution >= 4 is 34.4 Å². The second kappa shape index (κ2) is 11.5. The summed E-state index contributed by atoms with van der Waals surface area (Å²) in [6, 6.07) is 10.2. The summed E-state index contributed by atoms with van der Waals surface area (Å²) in [5, 5.41) is 3.66. The maximum Gasteiger partial charge on any atom is 0.262 e. The van der Waals surface area contributed by atoms with Crippen LogP contribution in [0.5, 0.6) is 0 Å². The molecular formula is C27H28FN3O5S. The highest BCUT2D eigenvalue weighted by Crippen LogP contribution is 2.23. The van der Waals surface area contributed by atoms with Gasteiger partial charge in [-0.05, 0) is 68.1 Å². The summed E-state index contributed by atoms with van der Waals surface area (Å²) >= 11 is 1.14. The average Bonchev–Trinajstić information content (AvgIpc) is 3.62. The average molecular weight is 526 g/mol. The highest BCUT2D eigenvalue weighted by Gasteiger charge is 2.22. The number of rotatable bonds is 9. The fourth-order valence-corrected chi connectivity index (χ4v) is 5.47. The fourth-order valence-electron chi connectivity index (χ4n) is 4.57. The topological polar surface area (TPSA) is 99.5 Å². The predicted molar refractivity (Wildman–Crippen MR) is 138 cm³/mol. The van der Waals surface area contributed by atoms with E-state index in [4.69, 9.17) is 14.5 Å². The Balaban J connectivity index is 1.41. The zero-order valence-corrected chi connectivity index (χ0v) is 21.1. The van der Waals surface area contributed by atoms with Gasteiger partial charge in [-0.25, -0.2) is 9.37 Å². The van der Waals surface area contributed by atoms with E-state index >= 15 is 0 Å². The van der Waals surface area contributed by atoms with Crippen LogP contribution in [0.1, 0.15) is 46.4 Å². The number of amides is 1. The van der Waals surface area contributed by atoms with Crippen molar-refractivity contribution < 1.29 is 23.5 Å². The maximum atomic E-state index is 13.5. The lowest BCUT2D eigenvalue weighted by Crippen LogP contribution is -2.32. The standard InChI is InChI=1S/C27H28FN3O5S/c28-19-8-5-17(6-9-19)24(32)16-37-27-30-23-13-18(25(33)29-14-20-3-1-11-35-20)7-10-22(23)26(34)31(27)15-21-4-2-12-36-21/h5-10,13,20-21H,1-4,11-12,14-16H2,(H,29,33)/t20-,21+/m0/s1. The molecule has 2 atom stereocenters. The van der Waals surface area contributed by atoms with E-state index in [0.29, 0.717) is 53.5 Å². The number of benzene rings is 2. The predicted octanol–water partition coefficient (Wildman–Crippen LogP) is 3.60. The van der Waals surface area contributed by atoms with Crippen LogP contribution in [0.3, 0.4) is 0 Å². The van der Waals surface area contributed by atoms with Crippen molar-refractivity contribution in [2.45, 2.75) is 49.6 Å². The molecule has 2 aromatic carbocycles. The molecule has 0 aliphatic carbocycles. The van der Waals surface area contributed by atoms with Gasteiger partial charge in [-0.3, -0.25) is 19.0 Å². The summed E-state index contributed by atoms with van der Waals surface area (Å²) in [6.07, 6.45) is 3.59. The SMILES string of the molecule is O=C(CSc1nc2cc(C(=O)NC[C@@H]3CCCO3)ccc2c(=O)n1C[C@H]1CCCO1)c1ccc(F)cc1. The van der Waals surface area contributed by atoms with Crippen LogP contribution in [0.2, 0.25) is 0 Å². The highest BCUT2D eigenvalue weighted by molar-refractivity contribution is 7.99. The zero-order chi connectivity index (χ0) is 25.8. The van der Waals surface area contributed by atoms with Crippen LogP contribution < -0.4 is 10.9 Å². The largest absolute Gasteiger partial charge is 0.376 e. The summed E-state index contributed by atoms with van der Waals surface area (Å²) in [4.78, 5) is 43.6. The molecular weight excluding hydrogens is 497 g/mol. The number of carbonyl (C=O) groups excluding carboxylic acids is 2. The van der Waals surface area contributed by atoms with E-state index < -0.39 is 5.82 Å². The van der Waals surface area contributed by atoms with Crippen molar-refractivity contribution in [2.24, 2.45) is 0 Å². The Kier molecular flexibility index (Phi) is 7.97. The van der Waals surface area contributed by atoms with Crippen LogP contribution in [-0.2, 0) is 16.0 Å². The molecule has 10 heteroatoms. The minimum atomic E-state index is -0.415. The van der Waals surface area contributed by atoms with Gasteiger partial charge in [0.1, 0.15) is 5.82 Å². The molecule has 2 saturated heterocycles. The van der Waals surface area contributed by atoms with Crippen LogP contribution in [0.25, 0.3) is 10.9 Å². The first kappa shape index (κ1) is 25.6. The second-order valence-electron chi connectivity index (χ2n) is 9.24. The third-order valence-corrected chi connectivity index (χ3v) is 7.58.